The number of rotatable bonds is 20. The predicted molar refractivity (Wildman–Crippen MR) is 110 cm³/mol. The third-order valence-electron chi connectivity index (χ3n) is 4.13. The van der Waals surface area contributed by atoms with Gasteiger partial charge in [-0.25, -0.2) is 9.68 Å². The second-order valence-corrected chi connectivity index (χ2v) is 6.76. The summed E-state index contributed by atoms with van der Waals surface area (Å²) in [4.78, 5) is 38.0. The second kappa shape index (κ2) is 20.5. The smallest absolute Gasteiger partial charge is 0.407 e. The van der Waals surface area contributed by atoms with Crippen LogP contribution in [-0.4, -0.2) is 75.3 Å². The maximum absolute atomic E-state index is 11.8. The number of ether oxygens (including phenoxy) is 3. The fraction of sp³-hybridized carbons (Fsp3) is 0.850. The van der Waals surface area contributed by atoms with Gasteiger partial charge >= 0.3 is 6.09 Å². The summed E-state index contributed by atoms with van der Waals surface area (Å²) in [6.07, 6.45) is 3.17. The molecule has 0 rings (SSSR count). The molecule has 0 aliphatic rings. The summed E-state index contributed by atoms with van der Waals surface area (Å²) in [5.41, 5.74) is 0. The summed E-state index contributed by atoms with van der Waals surface area (Å²) in [6, 6.07) is 0. The number of hydrogen-bond donors (Lipinski definition) is 3. The summed E-state index contributed by atoms with van der Waals surface area (Å²) >= 11 is 0. The number of amides is 2. The molecule has 0 heterocycles. The van der Waals surface area contributed by atoms with Gasteiger partial charge in [-0.3, -0.25) is 10.1 Å². The molecule has 10 nitrogen and oxygen atoms in total. The first-order valence-electron chi connectivity index (χ1n) is 10.7. The lowest BCUT2D eigenvalue weighted by atomic mass is 10.1. The quantitative estimate of drug-likeness (QED) is 0.115. The minimum absolute atomic E-state index is 0.0308. The molecule has 0 saturated carbocycles. The highest BCUT2D eigenvalue weighted by Gasteiger charge is 2.19. The van der Waals surface area contributed by atoms with E-state index in [4.69, 9.17) is 19.5 Å². The monoisotopic (exact) mass is 434 g/mol. The van der Waals surface area contributed by atoms with Crippen LogP contribution in [0.2, 0.25) is 0 Å². The Hall–Kier alpha value is -1.75. The highest BCUT2D eigenvalue weighted by atomic mass is 17.1. The van der Waals surface area contributed by atoms with E-state index in [0.29, 0.717) is 71.4 Å². The fourth-order valence-corrected chi connectivity index (χ4v) is 2.41. The summed E-state index contributed by atoms with van der Waals surface area (Å²) < 4.78 is 16.2. The number of aldehydes is 1. The summed E-state index contributed by atoms with van der Waals surface area (Å²) in [6.45, 7) is 5.99. The zero-order valence-corrected chi connectivity index (χ0v) is 18.2. The van der Waals surface area contributed by atoms with Crippen molar-refractivity contribution < 1.29 is 38.7 Å². The van der Waals surface area contributed by atoms with Crippen LogP contribution in [0.5, 0.6) is 0 Å². The molecule has 0 aromatic rings. The molecule has 2 unspecified atom stereocenters. The Morgan fingerprint density at radius 1 is 1.03 bits per heavy atom. The fourth-order valence-electron chi connectivity index (χ4n) is 2.41. The van der Waals surface area contributed by atoms with Crippen LogP contribution in [0.4, 0.5) is 4.79 Å². The zero-order valence-electron chi connectivity index (χ0n) is 18.2. The van der Waals surface area contributed by atoms with Crippen molar-refractivity contribution in [3.8, 4) is 0 Å². The van der Waals surface area contributed by atoms with Crippen LogP contribution in [0, 0.1) is 0 Å². The Balaban J connectivity index is 4.04. The molecule has 0 saturated heterocycles. The van der Waals surface area contributed by atoms with Gasteiger partial charge in [0.25, 0.3) is 0 Å². The molecule has 0 fully saturated rings. The lowest BCUT2D eigenvalue weighted by Crippen LogP contribution is -2.32. The lowest BCUT2D eigenvalue weighted by Gasteiger charge is -2.21. The molecular weight excluding hydrogens is 396 g/mol. The van der Waals surface area contributed by atoms with Gasteiger partial charge in [-0.05, 0) is 25.7 Å². The van der Waals surface area contributed by atoms with E-state index in [0.717, 1.165) is 12.7 Å². The van der Waals surface area contributed by atoms with Crippen LogP contribution in [0.3, 0.4) is 0 Å². The van der Waals surface area contributed by atoms with Crippen LogP contribution in [0.25, 0.3) is 0 Å². The Morgan fingerprint density at radius 3 is 2.50 bits per heavy atom. The van der Waals surface area contributed by atoms with Crippen LogP contribution in [0.15, 0.2) is 0 Å². The van der Waals surface area contributed by atoms with Gasteiger partial charge in [-0.15, -0.1) is 0 Å². The standard InChI is InChI=1S/C20H38N2O8/c1-3-9-22-20(25)29-16-18(15-17(4-2)30-26)28-13-7-8-19(24)21-10-14-27-12-6-5-11-23/h11,17-18,26H,3-10,12-16H2,1-2H3,(H,21,24)(H,22,25). The first-order valence-corrected chi connectivity index (χ1v) is 10.7. The van der Waals surface area contributed by atoms with Gasteiger partial charge in [0, 0.05) is 45.6 Å². The summed E-state index contributed by atoms with van der Waals surface area (Å²) in [5, 5.41) is 14.3. The molecule has 0 aliphatic carbocycles. The molecular formula is C20H38N2O8. The van der Waals surface area contributed by atoms with Gasteiger partial charge in [-0.2, -0.15) is 0 Å². The van der Waals surface area contributed by atoms with E-state index < -0.39 is 18.3 Å². The van der Waals surface area contributed by atoms with Crippen molar-refractivity contribution in [2.75, 3.05) is 39.5 Å². The minimum atomic E-state index is -0.517. The molecule has 0 aromatic carbocycles. The third-order valence-corrected chi connectivity index (χ3v) is 4.13. The number of carbonyl (C=O) groups excluding carboxylic acids is 3. The molecule has 3 N–H and O–H groups in total. The first kappa shape index (κ1) is 28.2. The van der Waals surface area contributed by atoms with Crippen LogP contribution < -0.4 is 10.6 Å². The van der Waals surface area contributed by atoms with E-state index in [-0.39, 0.29) is 12.5 Å². The summed E-state index contributed by atoms with van der Waals surface area (Å²) in [7, 11) is 0. The Morgan fingerprint density at radius 2 is 1.83 bits per heavy atom. The van der Waals surface area contributed by atoms with Crippen LogP contribution >= 0.6 is 0 Å². The van der Waals surface area contributed by atoms with E-state index in [1.54, 1.807) is 0 Å². The predicted octanol–water partition coefficient (Wildman–Crippen LogP) is 2.06. The van der Waals surface area contributed by atoms with Gasteiger partial charge in [0.2, 0.25) is 5.91 Å². The van der Waals surface area contributed by atoms with Gasteiger partial charge in [0.15, 0.2) is 0 Å². The minimum Gasteiger partial charge on any atom is -0.447 e. The largest absolute Gasteiger partial charge is 0.447 e. The van der Waals surface area contributed by atoms with E-state index in [2.05, 4.69) is 15.5 Å². The maximum Gasteiger partial charge on any atom is 0.407 e. The Bertz CT molecular complexity index is 447. The molecule has 0 spiro atoms. The Kier molecular flexibility index (Phi) is 19.3. The maximum atomic E-state index is 11.8. The van der Waals surface area contributed by atoms with Crippen LogP contribution in [-0.2, 0) is 28.7 Å². The number of unbranched alkanes of at least 4 members (excludes halogenated alkanes) is 1. The van der Waals surface area contributed by atoms with Gasteiger partial charge in [-0.1, -0.05) is 13.8 Å². The molecule has 10 heteroatoms. The topological polar surface area (TPSA) is 132 Å². The van der Waals surface area contributed by atoms with Gasteiger partial charge in [0.05, 0.1) is 18.8 Å². The lowest BCUT2D eigenvalue weighted by molar-refractivity contribution is -0.284. The molecule has 0 aromatic heterocycles. The summed E-state index contributed by atoms with van der Waals surface area (Å²) in [5.74, 6) is -0.105. The second-order valence-electron chi connectivity index (χ2n) is 6.76. The molecule has 0 radical (unpaired) electrons. The molecule has 2 atom stereocenters. The average Bonchev–Trinajstić information content (AvgIpc) is 2.75. The molecule has 176 valence electrons. The van der Waals surface area contributed by atoms with E-state index in [1.165, 1.54) is 0 Å². The molecule has 30 heavy (non-hydrogen) atoms. The van der Waals surface area contributed by atoms with Crippen LogP contribution in [0.1, 0.15) is 58.8 Å². The van der Waals surface area contributed by atoms with Crippen molar-refractivity contribution in [2.45, 2.75) is 71.0 Å². The number of nitrogens with one attached hydrogen (secondary N) is 2. The van der Waals surface area contributed by atoms with E-state index in [1.807, 2.05) is 13.8 Å². The van der Waals surface area contributed by atoms with E-state index >= 15 is 0 Å². The highest BCUT2D eigenvalue weighted by Crippen LogP contribution is 2.11. The van der Waals surface area contributed by atoms with Crippen molar-refractivity contribution in [3.63, 3.8) is 0 Å². The zero-order chi connectivity index (χ0) is 22.5. The highest BCUT2D eigenvalue weighted by molar-refractivity contribution is 5.75. The van der Waals surface area contributed by atoms with Crippen molar-refractivity contribution in [1.29, 1.82) is 0 Å². The van der Waals surface area contributed by atoms with Crippen molar-refractivity contribution >= 4 is 18.3 Å². The molecule has 2 amide bonds. The van der Waals surface area contributed by atoms with Crippen molar-refractivity contribution in [3.05, 3.63) is 0 Å². The molecule has 0 bridgehead atoms. The first-order chi connectivity index (χ1) is 14.6. The van der Waals surface area contributed by atoms with E-state index in [9.17, 15) is 14.4 Å². The Labute approximate surface area is 178 Å². The number of hydrogen-bond acceptors (Lipinski definition) is 8. The normalized spacial score (nSPS) is 12.8. The average molecular weight is 435 g/mol. The third kappa shape index (κ3) is 17.1. The number of carbonyl (C=O) groups is 3. The molecule has 0 aliphatic heterocycles. The van der Waals surface area contributed by atoms with Crippen molar-refractivity contribution in [2.24, 2.45) is 0 Å². The van der Waals surface area contributed by atoms with Crippen molar-refractivity contribution in [1.82, 2.24) is 10.6 Å². The van der Waals surface area contributed by atoms with Gasteiger partial charge in [0.1, 0.15) is 12.9 Å². The van der Waals surface area contributed by atoms with Gasteiger partial charge < -0.3 is 29.6 Å². The number of alkyl carbamates (subject to hydrolysis) is 1. The SMILES string of the molecule is CCCNC(=O)OCC(CC(CC)OO)OCCCC(=O)NCCOCCCC=O.